The lowest BCUT2D eigenvalue weighted by molar-refractivity contribution is 0.0893. The number of nitrogen functional groups attached to an aromatic ring is 1. The number of nitrogens with two attached hydrogens (primary N) is 1. The number of hydrogen-bond acceptors (Lipinski definition) is 4. The molecule has 0 aliphatic carbocycles. The van der Waals surface area contributed by atoms with Crippen LogP contribution in [0.2, 0.25) is 5.02 Å². The lowest BCUT2D eigenvalue weighted by atomic mass is 9.88. The van der Waals surface area contributed by atoms with Crippen molar-refractivity contribution >= 4 is 17.4 Å². The van der Waals surface area contributed by atoms with E-state index >= 15 is 0 Å². The topological polar surface area (TPSA) is 71.2 Å². The molecule has 1 aromatic heterocycles. The molecule has 0 radical (unpaired) electrons. The molecule has 1 fully saturated rings. The minimum Gasteiger partial charge on any atom is -0.388 e. The summed E-state index contributed by atoms with van der Waals surface area (Å²) in [7, 11) is 0. The summed E-state index contributed by atoms with van der Waals surface area (Å²) in [6, 6.07) is 1.70. The van der Waals surface area contributed by atoms with Gasteiger partial charge in [0.15, 0.2) is 0 Å². The fraction of sp³-hybridized carbons (Fsp3) is 0.545. The minimum absolute atomic E-state index is 0.240. The van der Waals surface area contributed by atoms with E-state index in [-0.39, 0.29) is 5.92 Å². The van der Waals surface area contributed by atoms with E-state index in [1.807, 2.05) is 0 Å². The predicted octanol–water partition coefficient (Wildman–Crippen LogP) is 1.35. The van der Waals surface area contributed by atoms with Crippen LogP contribution in [-0.4, -0.2) is 23.2 Å². The van der Waals surface area contributed by atoms with Gasteiger partial charge >= 0.3 is 0 Å². The van der Waals surface area contributed by atoms with Gasteiger partial charge < -0.3 is 16.2 Å². The number of halogens is 1. The summed E-state index contributed by atoms with van der Waals surface area (Å²) < 4.78 is 0. The Kier molecular flexibility index (Phi) is 3.63. The first-order chi connectivity index (χ1) is 7.68. The number of hydrogen-bond donors (Lipinski definition) is 3. The van der Waals surface area contributed by atoms with E-state index in [9.17, 15) is 5.11 Å². The molecule has 16 heavy (non-hydrogen) atoms. The number of piperidine rings is 1. The molecule has 0 saturated carbocycles. The molecule has 1 aliphatic heterocycles. The van der Waals surface area contributed by atoms with Crippen LogP contribution in [0.5, 0.6) is 0 Å². The zero-order valence-electron chi connectivity index (χ0n) is 8.99. The van der Waals surface area contributed by atoms with Crippen molar-refractivity contribution in [2.24, 2.45) is 5.92 Å². The number of aliphatic hydroxyl groups is 1. The van der Waals surface area contributed by atoms with E-state index < -0.39 is 6.10 Å². The van der Waals surface area contributed by atoms with E-state index in [2.05, 4.69) is 10.3 Å². The largest absolute Gasteiger partial charge is 0.388 e. The zero-order valence-corrected chi connectivity index (χ0v) is 9.74. The van der Waals surface area contributed by atoms with E-state index in [4.69, 9.17) is 17.3 Å². The van der Waals surface area contributed by atoms with Crippen molar-refractivity contribution in [3.63, 3.8) is 0 Å². The maximum atomic E-state index is 10.2. The third-order valence-corrected chi connectivity index (χ3v) is 3.27. The van der Waals surface area contributed by atoms with Crippen LogP contribution in [0.3, 0.4) is 0 Å². The maximum Gasteiger partial charge on any atom is 0.129 e. The smallest absolute Gasteiger partial charge is 0.129 e. The molecule has 2 rings (SSSR count). The Hall–Kier alpha value is -0.840. The lowest BCUT2D eigenvalue weighted by Gasteiger charge is -2.27. The number of pyridine rings is 1. The highest BCUT2D eigenvalue weighted by atomic mass is 35.5. The van der Waals surface area contributed by atoms with Gasteiger partial charge in [-0.3, -0.25) is 0 Å². The normalized spacial score (nSPS) is 19.6. The summed E-state index contributed by atoms with van der Waals surface area (Å²) in [5.74, 6) is 0.610. The van der Waals surface area contributed by atoms with Gasteiger partial charge in [-0.2, -0.15) is 0 Å². The Balaban J connectivity index is 2.18. The quantitative estimate of drug-likeness (QED) is 0.731. The first-order valence-corrected chi connectivity index (χ1v) is 5.86. The average molecular weight is 242 g/mol. The highest BCUT2D eigenvalue weighted by molar-refractivity contribution is 6.30. The van der Waals surface area contributed by atoms with Crippen LogP contribution in [-0.2, 0) is 0 Å². The van der Waals surface area contributed by atoms with Gasteiger partial charge in [0.1, 0.15) is 5.82 Å². The van der Waals surface area contributed by atoms with Gasteiger partial charge in [-0.05, 0) is 37.9 Å². The van der Waals surface area contributed by atoms with E-state index in [0.29, 0.717) is 16.4 Å². The molecule has 0 amide bonds. The third-order valence-electron chi connectivity index (χ3n) is 3.07. The Labute approximate surface area is 99.8 Å². The molecule has 1 aliphatic rings. The van der Waals surface area contributed by atoms with E-state index in [1.165, 1.54) is 6.20 Å². The van der Waals surface area contributed by atoms with Crippen molar-refractivity contribution in [1.29, 1.82) is 0 Å². The molecule has 2 heterocycles. The fourth-order valence-electron chi connectivity index (χ4n) is 2.12. The monoisotopic (exact) mass is 241 g/mol. The van der Waals surface area contributed by atoms with Gasteiger partial charge in [-0.25, -0.2) is 4.98 Å². The van der Waals surface area contributed by atoms with Gasteiger partial charge in [-0.1, -0.05) is 11.6 Å². The summed E-state index contributed by atoms with van der Waals surface area (Å²) in [5, 5.41) is 14.0. The summed E-state index contributed by atoms with van der Waals surface area (Å²) in [6.45, 7) is 1.88. The van der Waals surface area contributed by atoms with Gasteiger partial charge in [0, 0.05) is 11.8 Å². The number of rotatable bonds is 2. The standard InChI is InChI=1S/C11H16ClN3O/c12-8-5-9(11(13)15-6-8)10(16)7-1-3-14-4-2-7/h5-7,10,14,16H,1-4H2,(H2,13,15). The number of aromatic nitrogens is 1. The minimum atomic E-state index is -0.562. The highest BCUT2D eigenvalue weighted by Gasteiger charge is 2.24. The van der Waals surface area contributed by atoms with Crippen molar-refractivity contribution in [2.45, 2.75) is 18.9 Å². The fourth-order valence-corrected chi connectivity index (χ4v) is 2.28. The van der Waals surface area contributed by atoms with Crippen LogP contribution in [0.15, 0.2) is 12.3 Å². The van der Waals surface area contributed by atoms with E-state index in [0.717, 1.165) is 25.9 Å². The summed E-state index contributed by atoms with van der Waals surface area (Å²) in [6.07, 6.45) is 2.84. The van der Waals surface area contributed by atoms with Crippen LogP contribution in [0.4, 0.5) is 5.82 Å². The summed E-state index contributed by atoms with van der Waals surface area (Å²) >= 11 is 5.86. The van der Waals surface area contributed by atoms with Crippen LogP contribution < -0.4 is 11.1 Å². The summed E-state index contributed by atoms with van der Waals surface area (Å²) in [4.78, 5) is 3.96. The molecule has 1 saturated heterocycles. The first kappa shape index (κ1) is 11.6. The van der Waals surface area contributed by atoms with Crippen molar-refractivity contribution < 1.29 is 5.11 Å². The maximum absolute atomic E-state index is 10.2. The third kappa shape index (κ3) is 2.45. The van der Waals surface area contributed by atoms with Gasteiger partial charge in [0.05, 0.1) is 11.1 Å². The van der Waals surface area contributed by atoms with Gasteiger partial charge in [0.2, 0.25) is 0 Å². The average Bonchev–Trinajstić information content (AvgIpc) is 2.32. The molecule has 0 aromatic carbocycles. The molecule has 0 bridgehead atoms. The number of nitrogens with one attached hydrogen (secondary N) is 1. The highest BCUT2D eigenvalue weighted by Crippen LogP contribution is 2.32. The lowest BCUT2D eigenvalue weighted by Crippen LogP contribution is -2.31. The molecule has 4 N–H and O–H groups in total. The second-order valence-electron chi connectivity index (χ2n) is 4.16. The Morgan fingerprint density at radius 2 is 2.19 bits per heavy atom. The van der Waals surface area contributed by atoms with Crippen molar-refractivity contribution in [2.75, 3.05) is 18.8 Å². The molecule has 1 unspecified atom stereocenters. The molecule has 88 valence electrons. The SMILES string of the molecule is Nc1ncc(Cl)cc1C(O)C1CCNCC1. The van der Waals surface area contributed by atoms with Crippen molar-refractivity contribution in [1.82, 2.24) is 10.3 Å². The zero-order chi connectivity index (χ0) is 11.5. The molecule has 4 nitrogen and oxygen atoms in total. The Bertz CT molecular complexity index is 366. The Morgan fingerprint density at radius 3 is 2.88 bits per heavy atom. The van der Waals surface area contributed by atoms with Crippen molar-refractivity contribution in [3.05, 3.63) is 22.8 Å². The van der Waals surface area contributed by atoms with Gasteiger partial charge in [0.25, 0.3) is 0 Å². The van der Waals surface area contributed by atoms with E-state index in [1.54, 1.807) is 6.07 Å². The van der Waals surface area contributed by atoms with Gasteiger partial charge in [-0.15, -0.1) is 0 Å². The Morgan fingerprint density at radius 1 is 1.50 bits per heavy atom. The first-order valence-electron chi connectivity index (χ1n) is 5.48. The molecule has 1 atom stereocenters. The van der Waals surface area contributed by atoms with Crippen LogP contribution in [0.1, 0.15) is 24.5 Å². The molecule has 0 spiro atoms. The predicted molar refractivity (Wildman–Crippen MR) is 64.2 cm³/mol. The molecule has 5 heteroatoms. The van der Waals surface area contributed by atoms with Crippen LogP contribution >= 0.6 is 11.6 Å². The number of aliphatic hydroxyl groups excluding tert-OH is 1. The second-order valence-corrected chi connectivity index (χ2v) is 4.60. The van der Waals surface area contributed by atoms with Crippen LogP contribution in [0, 0.1) is 5.92 Å². The van der Waals surface area contributed by atoms with Crippen LogP contribution in [0.25, 0.3) is 0 Å². The molecular weight excluding hydrogens is 226 g/mol. The molecule has 1 aromatic rings. The molecular formula is C11H16ClN3O. The second kappa shape index (κ2) is 4.99. The number of nitrogens with zero attached hydrogens (tertiary/aromatic N) is 1. The summed E-state index contributed by atoms with van der Waals surface area (Å²) in [5.41, 5.74) is 6.40. The van der Waals surface area contributed by atoms with Crippen molar-refractivity contribution in [3.8, 4) is 0 Å². The number of anilines is 1.